The summed E-state index contributed by atoms with van der Waals surface area (Å²) < 4.78 is 10.9. The Morgan fingerprint density at radius 3 is 2.52 bits per heavy atom. The van der Waals surface area contributed by atoms with Gasteiger partial charge in [0.2, 0.25) is 5.78 Å². The summed E-state index contributed by atoms with van der Waals surface area (Å²) in [7, 11) is 0. The second kappa shape index (κ2) is 6.64. The zero-order valence-electron chi connectivity index (χ0n) is 14.6. The van der Waals surface area contributed by atoms with E-state index in [0.29, 0.717) is 11.5 Å². The summed E-state index contributed by atoms with van der Waals surface area (Å²) >= 11 is 0. The number of ketones is 1. The molecule has 1 atom stereocenters. The smallest absolute Gasteiger partial charge is 0.290 e. The maximum absolute atomic E-state index is 12.9. The fourth-order valence-electron chi connectivity index (χ4n) is 3.27. The highest BCUT2D eigenvalue weighted by Crippen LogP contribution is 2.40. The molecular weight excluding hydrogens is 346 g/mol. The molecule has 0 fully saturated rings. The Kier molecular flexibility index (Phi) is 4.16. The number of benzene rings is 1. The summed E-state index contributed by atoms with van der Waals surface area (Å²) in [6.45, 7) is 2.00. The topological polar surface area (TPSA) is 83.9 Å². The van der Waals surface area contributed by atoms with Crippen molar-refractivity contribution in [3.8, 4) is 0 Å². The Hall–Kier alpha value is -3.54. The second-order valence-electron chi connectivity index (χ2n) is 6.34. The number of hydrogen-bond donors (Lipinski definition) is 1. The van der Waals surface area contributed by atoms with Crippen LogP contribution >= 0.6 is 0 Å². The lowest BCUT2D eigenvalue weighted by Gasteiger charge is -2.24. The average Bonchev–Trinajstić information content (AvgIpc) is 3.39. The Labute approximate surface area is 155 Å². The number of aryl methyl sites for hydroxylation is 1. The first-order valence-electron chi connectivity index (χ1n) is 8.49. The predicted octanol–water partition coefficient (Wildman–Crippen LogP) is 3.96. The minimum Gasteiger partial charge on any atom is -0.503 e. The van der Waals surface area contributed by atoms with Crippen molar-refractivity contribution in [3.05, 3.63) is 95.0 Å². The molecule has 3 aromatic rings. The van der Waals surface area contributed by atoms with Crippen molar-refractivity contribution in [1.82, 2.24) is 4.90 Å². The molecule has 0 saturated carbocycles. The molecule has 0 radical (unpaired) electrons. The molecule has 6 heteroatoms. The number of furan rings is 2. The van der Waals surface area contributed by atoms with Gasteiger partial charge in [0.1, 0.15) is 17.6 Å². The number of aliphatic hydroxyl groups excluding tert-OH is 1. The van der Waals surface area contributed by atoms with E-state index in [0.717, 1.165) is 5.56 Å². The van der Waals surface area contributed by atoms with E-state index in [1.54, 1.807) is 25.1 Å². The largest absolute Gasteiger partial charge is 0.503 e. The first-order valence-corrected chi connectivity index (χ1v) is 8.49. The van der Waals surface area contributed by atoms with Crippen molar-refractivity contribution in [2.75, 3.05) is 0 Å². The van der Waals surface area contributed by atoms with E-state index in [1.807, 2.05) is 30.3 Å². The molecule has 1 unspecified atom stereocenters. The van der Waals surface area contributed by atoms with E-state index >= 15 is 0 Å². The second-order valence-corrected chi connectivity index (χ2v) is 6.34. The van der Waals surface area contributed by atoms with Gasteiger partial charge in [-0.3, -0.25) is 9.59 Å². The van der Waals surface area contributed by atoms with Gasteiger partial charge < -0.3 is 18.8 Å². The fourth-order valence-corrected chi connectivity index (χ4v) is 3.27. The van der Waals surface area contributed by atoms with Gasteiger partial charge in [-0.2, -0.15) is 0 Å². The van der Waals surface area contributed by atoms with Crippen LogP contribution < -0.4 is 0 Å². The van der Waals surface area contributed by atoms with Gasteiger partial charge in [0.05, 0.1) is 11.8 Å². The first kappa shape index (κ1) is 16.9. The molecule has 1 amide bonds. The molecule has 4 rings (SSSR count). The molecule has 3 heterocycles. The van der Waals surface area contributed by atoms with Gasteiger partial charge in [-0.1, -0.05) is 30.3 Å². The highest BCUT2D eigenvalue weighted by Gasteiger charge is 2.45. The van der Waals surface area contributed by atoms with Crippen molar-refractivity contribution in [2.24, 2.45) is 0 Å². The van der Waals surface area contributed by atoms with Gasteiger partial charge in [-0.25, -0.2) is 0 Å². The van der Waals surface area contributed by atoms with Crippen LogP contribution in [0.2, 0.25) is 0 Å². The predicted molar refractivity (Wildman–Crippen MR) is 95.9 cm³/mol. The van der Waals surface area contributed by atoms with Crippen molar-refractivity contribution in [2.45, 2.75) is 19.5 Å². The molecule has 1 aliphatic rings. The van der Waals surface area contributed by atoms with Crippen LogP contribution in [0.15, 0.2) is 81.0 Å². The Morgan fingerprint density at radius 1 is 1.11 bits per heavy atom. The molecule has 0 spiro atoms. The van der Waals surface area contributed by atoms with Crippen LogP contribution in [0.5, 0.6) is 0 Å². The van der Waals surface area contributed by atoms with Gasteiger partial charge in [0.25, 0.3) is 5.91 Å². The number of rotatable bonds is 5. The third-order valence-corrected chi connectivity index (χ3v) is 4.52. The summed E-state index contributed by atoms with van der Waals surface area (Å²) in [6, 6.07) is 15.1. The zero-order valence-corrected chi connectivity index (χ0v) is 14.6. The Bertz CT molecular complexity index is 1010. The van der Waals surface area contributed by atoms with E-state index in [4.69, 9.17) is 8.83 Å². The molecule has 0 saturated heterocycles. The van der Waals surface area contributed by atoms with Gasteiger partial charge >= 0.3 is 0 Å². The van der Waals surface area contributed by atoms with E-state index in [1.165, 1.54) is 17.2 Å². The lowest BCUT2D eigenvalue weighted by molar-refractivity contribution is -0.130. The van der Waals surface area contributed by atoms with Crippen LogP contribution in [0, 0.1) is 6.92 Å². The number of carbonyl (C=O) groups is 2. The number of carbonyl (C=O) groups excluding carboxylic acids is 2. The molecule has 27 heavy (non-hydrogen) atoms. The molecule has 1 N–H and O–H groups in total. The average molecular weight is 363 g/mol. The molecule has 0 aliphatic carbocycles. The van der Waals surface area contributed by atoms with Crippen LogP contribution in [-0.2, 0) is 11.3 Å². The maximum atomic E-state index is 12.9. The van der Waals surface area contributed by atoms with E-state index in [2.05, 4.69) is 0 Å². The van der Waals surface area contributed by atoms with Crippen molar-refractivity contribution in [3.63, 3.8) is 0 Å². The van der Waals surface area contributed by atoms with Crippen LogP contribution in [0.4, 0.5) is 0 Å². The van der Waals surface area contributed by atoms with E-state index < -0.39 is 23.5 Å². The molecule has 1 aromatic carbocycles. The zero-order chi connectivity index (χ0) is 19.0. The number of nitrogens with zero attached hydrogens (tertiary/aromatic N) is 1. The minimum absolute atomic E-state index is 0.0415. The van der Waals surface area contributed by atoms with E-state index in [9.17, 15) is 14.7 Å². The number of hydrogen-bond acceptors (Lipinski definition) is 5. The van der Waals surface area contributed by atoms with Crippen molar-refractivity contribution >= 4 is 11.7 Å². The molecule has 1 aliphatic heterocycles. The number of aliphatic hydroxyl groups is 1. The molecule has 6 nitrogen and oxygen atoms in total. The molecule has 0 bridgehead atoms. The summed E-state index contributed by atoms with van der Waals surface area (Å²) in [4.78, 5) is 27.1. The third-order valence-electron chi connectivity index (χ3n) is 4.52. The Morgan fingerprint density at radius 2 is 1.89 bits per heavy atom. The minimum atomic E-state index is -0.830. The molecule has 2 aromatic heterocycles. The lowest BCUT2D eigenvalue weighted by atomic mass is 9.99. The maximum Gasteiger partial charge on any atom is 0.290 e. The van der Waals surface area contributed by atoms with E-state index in [-0.39, 0.29) is 17.9 Å². The van der Waals surface area contributed by atoms with Crippen LogP contribution in [0.1, 0.15) is 33.7 Å². The van der Waals surface area contributed by atoms with Gasteiger partial charge in [-0.05, 0) is 36.8 Å². The molecule has 136 valence electrons. The van der Waals surface area contributed by atoms with Crippen LogP contribution in [-0.4, -0.2) is 21.7 Å². The van der Waals surface area contributed by atoms with Crippen molar-refractivity contribution < 1.29 is 23.5 Å². The van der Waals surface area contributed by atoms with Gasteiger partial charge in [0.15, 0.2) is 11.5 Å². The van der Waals surface area contributed by atoms with Crippen molar-refractivity contribution in [1.29, 1.82) is 0 Å². The SMILES string of the molecule is Cc1ccc(C2C(C(=O)c3ccco3)=C(O)C(=O)N2Cc2ccccc2)o1. The molecular formula is C21H17NO5. The van der Waals surface area contributed by atoms with Gasteiger partial charge in [-0.15, -0.1) is 0 Å². The van der Waals surface area contributed by atoms with Crippen LogP contribution in [0.25, 0.3) is 0 Å². The summed E-state index contributed by atoms with van der Waals surface area (Å²) in [5.41, 5.74) is 0.832. The first-order chi connectivity index (χ1) is 13.1. The third kappa shape index (κ3) is 2.95. The summed E-state index contributed by atoms with van der Waals surface area (Å²) in [5.74, 6) is -0.622. The standard InChI is InChI=1S/C21H17NO5/c1-13-9-10-15(27-13)18-17(19(23)16-8-5-11-26-16)20(24)21(25)22(18)12-14-6-3-2-4-7-14/h2-11,18,24H,12H2,1H3. The van der Waals surface area contributed by atoms with Crippen LogP contribution in [0.3, 0.4) is 0 Å². The number of Topliss-reactive ketones (excluding diaryl/α,β-unsaturated/α-hetero) is 1. The lowest BCUT2D eigenvalue weighted by Crippen LogP contribution is -2.30. The summed E-state index contributed by atoms with van der Waals surface area (Å²) in [5, 5.41) is 10.5. The highest BCUT2D eigenvalue weighted by atomic mass is 16.3. The summed E-state index contributed by atoms with van der Waals surface area (Å²) in [6.07, 6.45) is 1.37. The van der Waals surface area contributed by atoms with Gasteiger partial charge in [0, 0.05) is 6.54 Å². The highest BCUT2D eigenvalue weighted by molar-refractivity contribution is 6.14. The normalized spacial score (nSPS) is 17.0. The fraction of sp³-hybridized carbons (Fsp3) is 0.143. The quantitative estimate of drug-likeness (QED) is 0.694. The monoisotopic (exact) mass is 363 g/mol. The number of amides is 1. The Balaban J connectivity index is 1.78.